The number of azo groups is 1. The molecule has 0 aromatic heterocycles. The van der Waals surface area contributed by atoms with Gasteiger partial charge < -0.3 is 0 Å². The Kier molecular flexibility index (Phi) is 9.09. The van der Waals surface area contributed by atoms with Gasteiger partial charge in [-0.1, -0.05) is 38.5 Å². The van der Waals surface area contributed by atoms with Gasteiger partial charge in [-0.25, -0.2) is 0 Å². The SMILES string of the molecule is CCCC(CC)(/N=N/C(C)C)SCCSc1ccccc1. The van der Waals surface area contributed by atoms with Crippen LogP contribution in [0.3, 0.4) is 0 Å². The Morgan fingerprint density at radius 2 is 1.81 bits per heavy atom. The molecule has 0 heterocycles. The predicted octanol–water partition coefficient (Wildman–Crippen LogP) is 6.28. The van der Waals surface area contributed by atoms with E-state index < -0.39 is 0 Å². The minimum absolute atomic E-state index is 0.0176. The molecule has 4 heteroatoms. The highest BCUT2D eigenvalue weighted by atomic mass is 32.2. The van der Waals surface area contributed by atoms with Gasteiger partial charge in [0.25, 0.3) is 0 Å². The zero-order valence-electron chi connectivity index (χ0n) is 13.7. The van der Waals surface area contributed by atoms with Gasteiger partial charge in [-0.2, -0.15) is 10.2 Å². The van der Waals surface area contributed by atoms with Crippen LogP contribution >= 0.6 is 23.5 Å². The van der Waals surface area contributed by atoms with Crippen LogP contribution in [0, 0.1) is 0 Å². The Hall–Kier alpha value is -0.480. The summed E-state index contributed by atoms with van der Waals surface area (Å²) in [5.41, 5.74) is 0. The molecule has 0 spiro atoms. The van der Waals surface area contributed by atoms with E-state index >= 15 is 0 Å². The summed E-state index contributed by atoms with van der Waals surface area (Å²) in [6, 6.07) is 10.9. The smallest absolute Gasteiger partial charge is 0.126 e. The molecule has 0 radical (unpaired) electrons. The van der Waals surface area contributed by atoms with Crippen LogP contribution in [0.5, 0.6) is 0 Å². The molecular formula is C17H28N2S2. The number of thioether (sulfide) groups is 2. The highest BCUT2D eigenvalue weighted by Gasteiger charge is 2.27. The van der Waals surface area contributed by atoms with Crippen molar-refractivity contribution in [2.75, 3.05) is 11.5 Å². The largest absolute Gasteiger partial charge is 0.190 e. The van der Waals surface area contributed by atoms with E-state index in [2.05, 4.69) is 68.3 Å². The molecule has 0 bridgehead atoms. The van der Waals surface area contributed by atoms with E-state index in [-0.39, 0.29) is 10.9 Å². The molecule has 2 nitrogen and oxygen atoms in total. The second-order valence-electron chi connectivity index (χ2n) is 5.37. The average Bonchev–Trinajstić information content (AvgIpc) is 2.50. The summed E-state index contributed by atoms with van der Waals surface area (Å²) in [4.78, 5) is 1.33. The Balaban J connectivity index is 2.49. The van der Waals surface area contributed by atoms with Gasteiger partial charge in [0.15, 0.2) is 0 Å². The fourth-order valence-electron chi connectivity index (χ4n) is 2.02. The third-order valence-electron chi connectivity index (χ3n) is 3.13. The molecule has 0 aliphatic carbocycles. The van der Waals surface area contributed by atoms with Gasteiger partial charge in [0, 0.05) is 16.4 Å². The van der Waals surface area contributed by atoms with Crippen LogP contribution in [0.4, 0.5) is 0 Å². The van der Waals surface area contributed by atoms with Crippen molar-refractivity contribution in [3.05, 3.63) is 30.3 Å². The molecule has 0 aliphatic rings. The Labute approximate surface area is 138 Å². The van der Waals surface area contributed by atoms with Crippen molar-refractivity contribution in [2.45, 2.75) is 62.8 Å². The highest BCUT2D eigenvalue weighted by Crippen LogP contribution is 2.36. The lowest BCUT2D eigenvalue weighted by Gasteiger charge is -2.26. The molecule has 118 valence electrons. The van der Waals surface area contributed by atoms with Crippen molar-refractivity contribution in [1.82, 2.24) is 0 Å². The number of benzene rings is 1. The molecule has 1 aromatic carbocycles. The lowest BCUT2D eigenvalue weighted by molar-refractivity contribution is 0.498. The van der Waals surface area contributed by atoms with Crippen LogP contribution < -0.4 is 0 Å². The van der Waals surface area contributed by atoms with Crippen LogP contribution in [-0.2, 0) is 0 Å². The summed E-state index contributed by atoms with van der Waals surface area (Å²) in [7, 11) is 0. The number of rotatable bonds is 10. The van der Waals surface area contributed by atoms with Gasteiger partial charge in [-0.05, 0) is 38.8 Å². The van der Waals surface area contributed by atoms with Gasteiger partial charge >= 0.3 is 0 Å². The zero-order chi connectivity index (χ0) is 15.6. The van der Waals surface area contributed by atoms with E-state index in [4.69, 9.17) is 0 Å². The number of hydrogen-bond donors (Lipinski definition) is 0. The Morgan fingerprint density at radius 3 is 2.38 bits per heavy atom. The molecule has 0 amide bonds. The van der Waals surface area contributed by atoms with Gasteiger partial charge in [0.1, 0.15) is 4.87 Å². The van der Waals surface area contributed by atoms with E-state index in [1.165, 1.54) is 4.90 Å². The molecule has 0 fully saturated rings. The maximum atomic E-state index is 4.69. The lowest BCUT2D eigenvalue weighted by Crippen LogP contribution is -2.21. The highest BCUT2D eigenvalue weighted by molar-refractivity contribution is 8.03. The van der Waals surface area contributed by atoms with Gasteiger partial charge in [0.05, 0.1) is 6.04 Å². The van der Waals surface area contributed by atoms with Crippen LogP contribution in [0.2, 0.25) is 0 Å². The molecule has 1 rings (SSSR count). The fourth-order valence-corrected chi connectivity index (χ4v) is 4.31. The van der Waals surface area contributed by atoms with Crippen LogP contribution in [0.15, 0.2) is 45.5 Å². The second-order valence-corrected chi connectivity index (χ2v) is 7.99. The zero-order valence-corrected chi connectivity index (χ0v) is 15.3. The van der Waals surface area contributed by atoms with Crippen LogP contribution in [-0.4, -0.2) is 22.4 Å². The average molecular weight is 325 g/mol. The molecular weight excluding hydrogens is 296 g/mol. The van der Waals surface area contributed by atoms with E-state index in [1.807, 2.05) is 23.5 Å². The van der Waals surface area contributed by atoms with E-state index in [0.717, 1.165) is 30.8 Å². The number of hydrogen-bond acceptors (Lipinski definition) is 4. The molecule has 21 heavy (non-hydrogen) atoms. The van der Waals surface area contributed by atoms with Crippen molar-refractivity contribution in [3.63, 3.8) is 0 Å². The van der Waals surface area contributed by atoms with Crippen molar-refractivity contribution in [1.29, 1.82) is 0 Å². The molecule has 0 N–H and O–H groups in total. The van der Waals surface area contributed by atoms with E-state index in [1.54, 1.807) is 0 Å². The normalized spacial score (nSPS) is 14.7. The summed E-state index contributed by atoms with van der Waals surface area (Å²) >= 11 is 3.89. The van der Waals surface area contributed by atoms with Crippen LogP contribution in [0.25, 0.3) is 0 Å². The van der Waals surface area contributed by atoms with Crippen molar-refractivity contribution in [3.8, 4) is 0 Å². The van der Waals surface area contributed by atoms with Crippen molar-refractivity contribution in [2.24, 2.45) is 10.2 Å². The first-order valence-electron chi connectivity index (χ1n) is 7.85. The van der Waals surface area contributed by atoms with Crippen molar-refractivity contribution >= 4 is 23.5 Å². The molecule has 1 unspecified atom stereocenters. The van der Waals surface area contributed by atoms with Crippen LogP contribution in [0.1, 0.15) is 47.0 Å². The molecule has 1 atom stereocenters. The third kappa shape index (κ3) is 7.37. The first-order chi connectivity index (χ1) is 10.1. The first-order valence-corrected chi connectivity index (χ1v) is 9.83. The molecule has 0 aliphatic heterocycles. The monoisotopic (exact) mass is 324 g/mol. The quantitative estimate of drug-likeness (QED) is 0.287. The van der Waals surface area contributed by atoms with E-state index in [9.17, 15) is 0 Å². The first kappa shape index (κ1) is 18.6. The standard InChI is InChI=1S/C17H28N2S2/c1-5-12-17(6-2,19-18-15(3)4)21-14-13-20-16-10-8-7-9-11-16/h7-11,15H,5-6,12-14H2,1-4H3/b19-18+. The minimum Gasteiger partial charge on any atom is -0.190 e. The number of nitrogens with zero attached hydrogens (tertiary/aromatic N) is 2. The Bertz CT molecular complexity index is 407. The summed E-state index contributed by atoms with van der Waals surface area (Å²) in [6.07, 6.45) is 3.32. The second kappa shape index (κ2) is 10.3. The van der Waals surface area contributed by atoms with Gasteiger partial charge in [0.2, 0.25) is 0 Å². The molecule has 0 saturated heterocycles. The van der Waals surface area contributed by atoms with Gasteiger partial charge in [-0.15, -0.1) is 23.5 Å². The maximum Gasteiger partial charge on any atom is 0.126 e. The summed E-state index contributed by atoms with van der Waals surface area (Å²) < 4.78 is 0. The summed E-state index contributed by atoms with van der Waals surface area (Å²) in [5, 5.41) is 9.11. The molecule has 0 saturated carbocycles. The maximum absolute atomic E-state index is 4.69. The minimum atomic E-state index is -0.0176. The van der Waals surface area contributed by atoms with Crippen molar-refractivity contribution < 1.29 is 0 Å². The fraction of sp³-hybridized carbons (Fsp3) is 0.647. The van der Waals surface area contributed by atoms with Gasteiger partial charge in [-0.3, -0.25) is 0 Å². The third-order valence-corrected chi connectivity index (χ3v) is 5.92. The summed E-state index contributed by atoms with van der Waals surface area (Å²) in [6.45, 7) is 8.64. The summed E-state index contributed by atoms with van der Waals surface area (Å²) in [5.74, 6) is 2.24. The topological polar surface area (TPSA) is 24.7 Å². The predicted molar refractivity (Wildman–Crippen MR) is 97.5 cm³/mol. The van der Waals surface area contributed by atoms with E-state index in [0.29, 0.717) is 0 Å². The Morgan fingerprint density at radius 1 is 1.10 bits per heavy atom. The lowest BCUT2D eigenvalue weighted by atomic mass is 10.1. The molecule has 1 aromatic rings.